The SMILES string of the molecule is Cc1nnc(N[C@H](C)c2cccc(C(F)F)c2F)c2cc3c(cc12)C(C)(C)C(=O)N3CC1CCCN1C. The number of anilines is 2. The Morgan fingerprint density at radius 1 is 1.16 bits per heavy atom. The number of aromatic nitrogens is 2. The second-order valence-corrected chi connectivity index (χ2v) is 10.8. The van der Waals surface area contributed by atoms with Gasteiger partial charge in [0.05, 0.1) is 22.7 Å². The highest BCUT2D eigenvalue weighted by molar-refractivity contribution is 6.11. The van der Waals surface area contributed by atoms with Gasteiger partial charge in [0.15, 0.2) is 5.82 Å². The van der Waals surface area contributed by atoms with E-state index in [-0.39, 0.29) is 11.5 Å². The van der Waals surface area contributed by atoms with E-state index in [9.17, 15) is 18.0 Å². The van der Waals surface area contributed by atoms with Crippen molar-refractivity contribution < 1.29 is 18.0 Å². The summed E-state index contributed by atoms with van der Waals surface area (Å²) in [4.78, 5) is 17.8. The van der Waals surface area contributed by atoms with Crippen LogP contribution in [-0.4, -0.2) is 47.2 Å². The predicted octanol–water partition coefficient (Wildman–Crippen LogP) is 5.91. The molecule has 2 atom stereocenters. The van der Waals surface area contributed by atoms with Crippen molar-refractivity contribution in [2.75, 3.05) is 30.4 Å². The van der Waals surface area contributed by atoms with Crippen molar-refractivity contribution in [2.24, 2.45) is 0 Å². The number of hydrogen-bond donors (Lipinski definition) is 1. The van der Waals surface area contributed by atoms with E-state index in [0.717, 1.165) is 47.5 Å². The maximum Gasteiger partial charge on any atom is 0.266 e. The number of alkyl halides is 2. The van der Waals surface area contributed by atoms with Gasteiger partial charge >= 0.3 is 0 Å². The van der Waals surface area contributed by atoms with Gasteiger partial charge in [-0.2, -0.15) is 5.10 Å². The summed E-state index contributed by atoms with van der Waals surface area (Å²) in [5.74, 6) is -0.458. The molecule has 9 heteroatoms. The molecule has 0 saturated carbocycles. The summed E-state index contributed by atoms with van der Waals surface area (Å²) in [6.07, 6.45) is -0.747. The van der Waals surface area contributed by atoms with Crippen molar-refractivity contribution in [3.63, 3.8) is 0 Å². The number of likely N-dealkylation sites (N-methyl/N-ethyl adjacent to an activating group) is 1. The van der Waals surface area contributed by atoms with Crippen molar-refractivity contribution in [3.05, 3.63) is 58.5 Å². The molecule has 2 aliphatic heterocycles. The van der Waals surface area contributed by atoms with Crippen molar-refractivity contribution >= 4 is 28.2 Å². The zero-order valence-corrected chi connectivity index (χ0v) is 21.8. The summed E-state index contributed by atoms with van der Waals surface area (Å²) in [5, 5.41) is 13.4. The number of nitrogens with zero attached hydrogens (tertiary/aromatic N) is 4. The van der Waals surface area contributed by atoms with Crippen molar-refractivity contribution in [1.82, 2.24) is 15.1 Å². The standard InChI is InChI=1S/C28H32F3N5O/c1-15(18-9-6-10-19(24(18)29)25(30)31)32-26-21-13-23-22(12-20(21)16(2)33-34-26)28(3,4)27(37)36(23)14-17-8-7-11-35(17)5/h6,9-10,12-13,15,17,25H,7-8,11,14H2,1-5H3,(H,32,34)/t15-,17?/m1/s1. The van der Waals surface area contributed by atoms with E-state index >= 15 is 0 Å². The van der Waals surface area contributed by atoms with Crippen LogP contribution < -0.4 is 10.2 Å². The molecule has 6 nitrogen and oxygen atoms in total. The average Bonchev–Trinajstić information content (AvgIpc) is 3.34. The minimum Gasteiger partial charge on any atom is -0.361 e. The zero-order chi connectivity index (χ0) is 26.6. The number of benzene rings is 2. The van der Waals surface area contributed by atoms with Gasteiger partial charge in [-0.1, -0.05) is 18.2 Å². The van der Waals surface area contributed by atoms with Crippen LogP contribution in [-0.2, 0) is 10.2 Å². The van der Waals surface area contributed by atoms with Crippen LogP contribution in [0.25, 0.3) is 10.8 Å². The Morgan fingerprint density at radius 3 is 2.57 bits per heavy atom. The number of rotatable bonds is 6. The van der Waals surface area contributed by atoms with Crippen LogP contribution in [0.5, 0.6) is 0 Å². The molecule has 5 rings (SSSR count). The Kier molecular flexibility index (Phi) is 6.38. The second-order valence-electron chi connectivity index (χ2n) is 10.8. The molecule has 2 aliphatic rings. The fourth-order valence-electron chi connectivity index (χ4n) is 5.66. The first-order valence-corrected chi connectivity index (χ1v) is 12.7. The van der Waals surface area contributed by atoms with Crippen molar-refractivity contribution in [3.8, 4) is 0 Å². The van der Waals surface area contributed by atoms with Gasteiger partial charge in [-0.25, -0.2) is 13.2 Å². The molecule has 0 spiro atoms. The number of halogens is 3. The minimum absolute atomic E-state index is 0.0606. The van der Waals surface area contributed by atoms with Gasteiger partial charge in [-0.05, 0) is 71.8 Å². The first kappa shape index (κ1) is 25.4. The Bertz CT molecular complexity index is 1380. The Morgan fingerprint density at radius 2 is 1.89 bits per heavy atom. The number of carbonyl (C=O) groups is 1. The van der Waals surface area contributed by atoms with Gasteiger partial charge in [0, 0.05) is 34.6 Å². The number of likely N-dealkylation sites (tertiary alicyclic amines) is 1. The molecule has 2 aromatic carbocycles. The summed E-state index contributed by atoms with van der Waals surface area (Å²) in [7, 11) is 2.09. The molecule has 1 amide bonds. The molecule has 1 aromatic heterocycles. The molecular formula is C28H32F3N5O. The smallest absolute Gasteiger partial charge is 0.266 e. The number of fused-ring (bicyclic) bond motifs is 2. The van der Waals surface area contributed by atoms with Crippen molar-refractivity contribution in [1.29, 1.82) is 0 Å². The first-order chi connectivity index (χ1) is 17.5. The summed E-state index contributed by atoms with van der Waals surface area (Å²) in [6.45, 7) is 9.08. The van der Waals surface area contributed by atoms with Crippen LogP contribution >= 0.6 is 0 Å². The number of aryl methyl sites for hydroxylation is 1. The summed E-state index contributed by atoms with van der Waals surface area (Å²) >= 11 is 0. The van der Waals surface area contributed by atoms with Crippen LogP contribution in [0.4, 0.5) is 24.7 Å². The van der Waals surface area contributed by atoms with E-state index in [0.29, 0.717) is 24.1 Å². The third kappa shape index (κ3) is 4.23. The second kappa shape index (κ2) is 9.28. The molecule has 37 heavy (non-hydrogen) atoms. The van der Waals surface area contributed by atoms with E-state index in [1.165, 1.54) is 12.1 Å². The fraction of sp³-hybridized carbons (Fsp3) is 0.464. The molecule has 1 saturated heterocycles. The quantitative estimate of drug-likeness (QED) is 0.446. The Hall–Kier alpha value is -3.20. The van der Waals surface area contributed by atoms with Gasteiger partial charge < -0.3 is 15.1 Å². The van der Waals surface area contributed by atoms with Gasteiger partial charge in [-0.3, -0.25) is 4.79 Å². The molecule has 0 bridgehead atoms. The lowest BCUT2D eigenvalue weighted by Crippen LogP contribution is -2.43. The maximum atomic E-state index is 14.8. The van der Waals surface area contributed by atoms with E-state index in [1.54, 1.807) is 6.92 Å². The molecular weight excluding hydrogens is 479 g/mol. The van der Waals surface area contributed by atoms with Crippen LogP contribution in [0, 0.1) is 12.7 Å². The largest absolute Gasteiger partial charge is 0.361 e. The topological polar surface area (TPSA) is 61.4 Å². The highest BCUT2D eigenvalue weighted by Gasteiger charge is 2.45. The van der Waals surface area contributed by atoms with Crippen LogP contribution in [0.3, 0.4) is 0 Å². The predicted molar refractivity (Wildman–Crippen MR) is 139 cm³/mol. The van der Waals surface area contributed by atoms with Crippen LogP contribution in [0.1, 0.15) is 68.5 Å². The molecule has 1 N–H and O–H groups in total. The number of hydrogen-bond acceptors (Lipinski definition) is 5. The number of nitrogens with one attached hydrogen (secondary N) is 1. The molecule has 0 aliphatic carbocycles. The number of amides is 1. The molecule has 1 unspecified atom stereocenters. The first-order valence-electron chi connectivity index (χ1n) is 12.7. The minimum atomic E-state index is -2.90. The Balaban J connectivity index is 1.57. The Labute approximate surface area is 214 Å². The molecule has 196 valence electrons. The molecule has 3 aromatic rings. The van der Waals surface area contributed by atoms with Crippen molar-refractivity contribution in [2.45, 2.75) is 64.5 Å². The molecule has 3 heterocycles. The van der Waals surface area contributed by atoms with Gasteiger partial charge in [0.1, 0.15) is 5.82 Å². The zero-order valence-electron chi connectivity index (χ0n) is 21.8. The lowest BCUT2D eigenvalue weighted by molar-refractivity contribution is -0.122. The van der Waals surface area contributed by atoms with E-state index in [2.05, 4.69) is 27.5 Å². The van der Waals surface area contributed by atoms with E-state index in [1.807, 2.05) is 37.8 Å². The fourth-order valence-corrected chi connectivity index (χ4v) is 5.66. The van der Waals surface area contributed by atoms with Crippen LogP contribution in [0.2, 0.25) is 0 Å². The average molecular weight is 512 g/mol. The summed E-state index contributed by atoms with van der Waals surface area (Å²) < 4.78 is 41.4. The lowest BCUT2D eigenvalue weighted by Gasteiger charge is -2.27. The monoisotopic (exact) mass is 511 g/mol. The van der Waals surface area contributed by atoms with Gasteiger partial charge in [0.25, 0.3) is 6.43 Å². The summed E-state index contributed by atoms with van der Waals surface area (Å²) in [6, 6.07) is 7.63. The van der Waals surface area contributed by atoms with E-state index in [4.69, 9.17) is 0 Å². The normalized spacial score (nSPS) is 20.2. The molecule has 0 radical (unpaired) electrons. The van der Waals surface area contributed by atoms with E-state index < -0.39 is 29.3 Å². The lowest BCUT2D eigenvalue weighted by atomic mass is 9.85. The number of carbonyl (C=O) groups excluding carboxylic acids is 1. The maximum absolute atomic E-state index is 14.8. The van der Waals surface area contributed by atoms with Gasteiger partial charge in [-0.15, -0.1) is 5.10 Å². The third-order valence-corrected chi connectivity index (χ3v) is 8.00. The van der Waals surface area contributed by atoms with Gasteiger partial charge in [0.2, 0.25) is 5.91 Å². The third-order valence-electron chi connectivity index (χ3n) is 8.00. The molecule has 1 fully saturated rings. The van der Waals surface area contributed by atoms with Crippen LogP contribution in [0.15, 0.2) is 30.3 Å². The summed E-state index contributed by atoms with van der Waals surface area (Å²) in [5.41, 5.74) is 1.30. The highest BCUT2D eigenvalue weighted by atomic mass is 19.3. The highest BCUT2D eigenvalue weighted by Crippen LogP contribution is 2.45.